The third-order valence-electron chi connectivity index (χ3n) is 2.80. The highest BCUT2D eigenvalue weighted by Gasteiger charge is 2.33. The monoisotopic (exact) mass is 304 g/mol. The van der Waals surface area contributed by atoms with Crippen LogP contribution in [0.3, 0.4) is 0 Å². The third kappa shape index (κ3) is 2.94. The molecule has 0 radical (unpaired) electrons. The summed E-state index contributed by atoms with van der Waals surface area (Å²) in [6, 6.07) is 5.42. The van der Waals surface area contributed by atoms with E-state index in [0.29, 0.717) is 22.3 Å². The molecule has 1 aliphatic rings. The Morgan fingerprint density at radius 1 is 1.50 bits per heavy atom. The SMILES string of the molecule is CNCCN1C(=O)CSC1c1ccc(Cl)cc1Cl. The van der Waals surface area contributed by atoms with Gasteiger partial charge < -0.3 is 10.2 Å². The quantitative estimate of drug-likeness (QED) is 0.928. The molecule has 98 valence electrons. The van der Waals surface area contributed by atoms with Crippen molar-refractivity contribution in [2.45, 2.75) is 5.37 Å². The third-order valence-corrected chi connectivity index (χ3v) is 4.60. The molecule has 0 aromatic heterocycles. The fourth-order valence-electron chi connectivity index (χ4n) is 1.89. The Morgan fingerprint density at radius 2 is 2.28 bits per heavy atom. The Bertz CT molecular complexity index is 456. The van der Waals surface area contributed by atoms with Crippen LogP contribution in [0.5, 0.6) is 0 Å². The number of benzene rings is 1. The molecule has 1 N–H and O–H groups in total. The summed E-state index contributed by atoms with van der Waals surface area (Å²) in [6.07, 6.45) is 0. The molecular weight excluding hydrogens is 291 g/mol. The summed E-state index contributed by atoms with van der Waals surface area (Å²) < 4.78 is 0. The smallest absolute Gasteiger partial charge is 0.233 e. The first-order chi connectivity index (χ1) is 8.63. The minimum atomic E-state index is -0.00406. The van der Waals surface area contributed by atoms with E-state index in [9.17, 15) is 4.79 Å². The van der Waals surface area contributed by atoms with Crippen molar-refractivity contribution in [1.82, 2.24) is 10.2 Å². The molecule has 1 aliphatic heterocycles. The van der Waals surface area contributed by atoms with Crippen molar-refractivity contribution < 1.29 is 4.79 Å². The number of hydrogen-bond donors (Lipinski definition) is 1. The molecular formula is C12H14Cl2N2OS. The lowest BCUT2D eigenvalue weighted by Crippen LogP contribution is -2.34. The summed E-state index contributed by atoms with van der Waals surface area (Å²) in [6.45, 7) is 1.46. The predicted molar refractivity (Wildman–Crippen MR) is 77.3 cm³/mol. The van der Waals surface area contributed by atoms with Crippen LogP contribution in [0.1, 0.15) is 10.9 Å². The number of thioether (sulfide) groups is 1. The van der Waals surface area contributed by atoms with Crippen molar-refractivity contribution in [3.8, 4) is 0 Å². The van der Waals surface area contributed by atoms with Crippen LogP contribution in [0.15, 0.2) is 18.2 Å². The second-order valence-electron chi connectivity index (χ2n) is 4.02. The first-order valence-electron chi connectivity index (χ1n) is 5.64. The molecule has 1 aromatic carbocycles. The maximum absolute atomic E-state index is 11.9. The highest BCUT2D eigenvalue weighted by Crippen LogP contribution is 2.41. The number of halogens is 2. The fourth-order valence-corrected chi connectivity index (χ4v) is 3.72. The predicted octanol–water partition coefficient (Wildman–Crippen LogP) is 2.79. The van der Waals surface area contributed by atoms with Crippen molar-refractivity contribution in [2.24, 2.45) is 0 Å². The van der Waals surface area contributed by atoms with Crippen LogP contribution in [0.2, 0.25) is 10.0 Å². The Balaban J connectivity index is 2.22. The number of carbonyl (C=O) groups excluding carboxylic acids is 1. The Hall–Kier alpha value is -0.420. The van der Waals surface area contributed by atoms with Crippen LogP contribution in [0.4, 0.5) is 0 Å². The van der Waals surface area contributed by atoms with Crippen molar-refractivity contribution in [2.75, 3.05) is 25.9 Å². The Kier molecular flexibility index (Phi) is 4.78. The van der Waals surface area contributed by atoms with E-state index in [0.717, 1.165) is 12.1 Å². The molecule has 1 saturated heterocycles. The summed E-state index contributed by atoms with van der Waals surface area (Å²) in [4.78, 5) is 13.7. The number of amides is 1. The number of rotatable bonds is 4. The maximum atomic E-state index is 11.9. The Morgan fingerprint density at radius 3 is 2.94 bits per heavy atom. The molecule has 0 saturated carbocycles. The van der Waals surface area contributed by atoms with Gasteiger partial charge in [0.25, 0.3) is 0 Å². The average Bonchev–Trinajstić information content (AvgIpc) is 2.68. The Labute approximate surface area is 121 Å². The molecule has 2 rings (SSSR count). The molecule has 1 aromatic rings. The van der Waals surface area contributed by atoms with Gasteiger partial charge in [-0.15, -0.1) is 11.8 Å². The number of carbonyl (C=O) groups is 1. The molecule has 0 spiro atoms. The highest BCUT2D eigenvalue weighted by molar-refractivity contribution is 8.00. The zero-order valence-electron chi connectivity index (χ0n) is 9.95. The van der Waals surface area contributed by atoms with E-state index in [4.69, 9.17) is 23.2 Å². The lowest BCUT2D eigenvalue weighted by molar-refractivity contribution is -0.127. The van der Waals surface area contributed by atoms with Gasteiger partial charge in [-0.05, 0) is 19.2 Å². The van der Waals surface area contributed by atoms with E-state index in [1.165, 1.54) is 0 Å². The topological polar surface area (TPSA) is 32.3 Å². The second-order valence-corrected chi connectivity index (χ2v) is 5.93. The minimum Gasteiger partial charge on any atom is -0.325 e. The van der Waals surface area contributed by atoms with E-state index in [-0.39, 0.29) is 11.3 Å². The van der Waals surface area contributed by atoms with Gasteiger partial charge in [0, 0.05) is 28.7 Å². The van der Waals surface area contributed by atoms with Crippen molar-refractivity contribution >= 4 is 40.9 Å². The van der Waals surface area contributed by atoms with E-state index in [2.05, 4.69) is 5.32 Å². The summed E-state index contributed by atoms with van der Waals surface area (Å²) in [7, 11) is 1.87. The summed E-state index contributed by atoms with van der Waals surface area (Å²) in [5.41, 5.74) is 0.952. The van der Waals surface area contributed by atoms with Crippen molar-refractivity contribution in [3.63, 3.8) is 0 Å². The van der Waals surface area contributed by atoms with Crippen molar-refractivity contribution in [1.29, 1.82) is 0 Å². The van der Waals surface area contributed by atoms with Crippen LogP contribution in [0, 0.1) is 0 Å². The fraction of sp³-hybridized carbons (Fsp3) is 0.417. The van der Waals surface area contributed by atoms with Crippen LogP contribution in [0.25, 0.3) is 0 Å². The van der Waals surface area contributed by atoms with E-state index >= 15 is 0 Å². The van der Waals surface area contributed by atoms with Crippen LogP contribution < -0.4 is 5.32 Å². The minimum absolute atomic E-state index is 0.00406. The number of nitrogens with zero attached hydrogens (tertiary/aromatic N) is 1. The highest BCUT2D eigenvalue weighted by atomic mass is 35.5. The molecule has 0 bridgehead atoms. The lowest BCUT2D eigenvalue weighted by atomic mass is 10.2. The largest absolute Gasteiger partial charge is 0.325 e. The first kappa shape index (κ1) is 14.0. The summed E-state index contributed by atoms with van der Waals surface area (Å²) in [5.74, 6) is 0.666. The van der Waals surface area contributed by atoms with Gasteiger partial charge in [-0.1, -0.05) is 29.3 Å². The van der Waals surface area contributed by atoms with E-state index < -0.39 is 0 Å². The second kappa shape index (κ2) is 6.15. The molecule has 1 fully saturated rings. The lowest BCUT2D eigenvalue weighted by Gasteiger charge is -2.24. The zero-order chi connectivity index (χ0) is 13.1. The van der Waals surface area contributed by atoms with Crippen molar-refractivity contribution in [3.05, 3.63) is 33.8 Å². The molecule has 0 aliphatic carbocycles. The van der Waals surface area contributed by atoms with Crippen LogP contribution in [-0.4, -0.2) is 36.7 Å². The van der Waals surface area contributed by atoms with Gasteiger partial charge >= 0.3 is 0 Å². The van der Waals surface area contributed by atoms with Gasteiger partial charge in [0.1, 0.15) is 5.37 Å². The molecule has 1 heterocycles. The first-order valence-corrected chi connectivity index (χ1v) is 7.44. The standard InChI is InChI=1S/C12H14Cl2N2OS/c1-15-4-5-16-11(17)7-18-12(16)9-3-2-8(13)6-10(9)14/h2-3,6,12,15H,4-5,7H2,1H3. The average molecular weight is 305 g/mol. The van der Waals surface area contributed by atoms with Gasteiger partial charge in [-0.25, -0.2) is 0 Å². The molecule has 3 nitrogen and oxygen atoms in total. The van der Waals surface area contributed by atoms with Gasteiger partial charge in [-0.3, -0.25) is 4.79 Å². The number of hydrogen-bond acceptors (Lipinski definition) is 3. The summed E-state index contributed by atoms with van der Waals surface area (Å²) >= 11 is 13.7. The van der Waals surface area contributed by atoms with Gasteiger partial charge in [-0.2, -0.15) is 0 Å². The van der Waals surface area contributed by atoms with E-state index in [1.807, 2.05) is 24.1 Å². The maximum Gasteiger partial charge on any atom is 0.233 e. The summed E-state index contributed by atoms with van der Waals surface area (Å²) in [5, 5.41) is 4.28. The molecule has 1 unspecified atom stereocenters. The van der Waals surface area contributed by atoms with Gasteiger partial charge in [0.2, 0.25) is 5.91 Å². The number of likely N-dealkylation sites (N-methyl/N-ethyl adjacent to an activating group) is 1. The molecule has 18 heavy (non-hydrogen) atoms. The van der Waals surface area contributed by atoms with Crippen LogP contribution >= 0.6 is 35.0 Å². The molecule has 6 heteroatoms. The van der Waals surface area contributed by atoms with Crippen LogP contribution in [-0.2, 0) is 4.79 Å². The van der Waals surface area contributed by atoms with E-state index in [1.54, 1.807) is 17.8 Å². The van der Waals surface area contributed by atoms with Gasteiger partial charge in [0.15, 0.2) is 0 Å². The molecule has 1 amide bonds. The zero-order valence-corrected chi connectivity index (χ0v) is 12.3. The normalized spacial score (nSPS) is 19.6. The van der Waals surface area contributed by atoms with Gasteiger partial charge in [0.05, 0.1) is 5.75 Å². The number of nitrogens with one attached hydrogen (secondary N) is 1. The molecule has 1 atom stereocenters.